The summed E-state index contributed by atoms with van der Waals surface area (Å²) in [5.74, 6) is -1.35. The number of carbonyl (C=O) groups is 1. The van der Waals surface area contributed by atoms with E-state index >= 15 is 0 Å². The Bertz CT molecular complexity index is 1090. The molecular formula is C19H17Cl2FN6O3. The molecule has 1 fully saturated rings. The maximum absolute atomic E-state index is 13.8. The number of hydrogen-bond donors (Lipinski definition) is 2. The van der Waals surface area contributed by atoms with Gasteiger partial charge in [-0.1, -0.05) is 11.6 Å². The van der Waals surface area contributed by atoms with Gasteiger partial charge in [0, 0.05) is 30.9 Å². The summed E-state index contributed by atoms with van der Waals surface area (Å²) in [5, 5.41) is 9.41. The van der Waals surface area contributed by atoms with Gasteiger partial charge in [-0.05, 0) is 30.3 Å². The van der Waals surface area contributed by atoms with Gasteiger partial charge in [0.1, 0.15) is 12.1 Å². The fourth-order valence-electron chi connectivity index (χ4n) is 3.09. The number of nitrogens with zero attached hydrogens (tertiary/aromatic N) is 5. The second-order valence-corrected chi connectivity index (χ2v) is 7.13. The third-order valence-corrected chi connectivity index (χ3v) is 4.83. The zero-order valence-corrected chi connectivity index (χ0v) is 17.4. The van der Waals surface area contributed by atoms with Crippen molar-refractivity contribution < 1.29 is 19.0 Å². The summed E-state index contributed by atoms with van der Waals surface area (Å²) in [7, 11) is 0. The van der Waals surface area contributed by atoms with Crippen LogP contribution in [0.1, 0.15) is 0 Å². The van der Waals surface area contributed by atoms with Crippen molar-refractivity contribution in [2.75, 3.05) is 18.0 Å². The SMILES string of the molecule is Cl.N[C@@H]1CN(c2ncnc(-c3ccc(Oc4ncc(Cl)cc4F)cc3)n2)C[C@@H]1C(=O)O. The highest BCUT2D eigenvalue weighted by Gasteiger charge is 2.36. The van der Waals surface area contributed by atoms with Crippen LogP contribution in [0.2, 0.25) is 5.02 Å². The molecular weight excluding hydrogens is 450 g/mol. The van der Waals surface area contributed by atoms with Gasteiger partial charge in [-0.15, -0.1) is 12.4 Å². The number of aliphatic carboxylic acids is 1. The number of hydrogen-bond acceptors (Lipinski definition) is 8. The van der Waals surface area contributed by atoms with Crippen LogP contribution in [-0.4, -0.2) is 50.1 Å². The van der Waals surface area contributed by atoms with Gasteiger partial charge in [0.05, 0.1) is 10.9 Å². The molecule has 0 bridgehead atoms. The molecule has 1 aromatic carbocycles. The topological polar surface area (TPSA) is 127 Å². The maximum Gasteiger partial charge on any atom is 0.309 e. The minimum absolute atomic E-state index is 0. The predicted molar refractivity (Wildman–Crippen MR) is 113 cm³/mol. The summed E-state index contributed by atoms with van der Waals surface area (Å²) in [6, 6.07) is 7.28. The Balaban J connectivity index is 0.00000272. The third-order valence-electron chi connectivity index (χ3n) is 4.63. The summed E-state index contributed by atoms with van der Waals surface area (Å²) in [5.41, 5.74) is 6.58. The lowest BCUT2D eigenvalue weighted by molar-refractivity contribution is -0.141. The molecule has 1 saturated heterocycles. The average molecular weight is 467 g/mol. The molecule has 4 rings (SSSR count). The Morgan fingerprint density at radius 3 is 2.61 bits per heavy atom. The first-order valence-corrected chi connectivity index (χ1v) is 9.30. The molecule has 162 valence electrons. The summed E-state index contributed by atoms with van der Waals surface area (Å²) >= 11 is 5.68. The van der Waals surface area contributed by atoms with Gasteiger partial charge in [0.2, 0.25) is 5.95 Å². The maximum atomic E-state index is 13.8. The number of nitrogens with two attached hydrogens (primary N) is 1. The Morgan fingerprint density at radius 2 is 1.97 bits per heavy atom. The molecule has 0 amide bonds. The highest BCUT2D eigenvalue weighted by molar-refractivity contribution is 6.30. The van der Waals surface area contributed by atoms with E-state index in [9.17, 15) is 14.3 Å². The molecule has 12 heteroatoms. The number of carboxylic acids is 1. The summed E-state index contributed by atoms with van der Waals surface area (Å²) in [6.45, 7) is 0.569. The molecule has 0 spiro atoms. The number of pyridine rings is 1. The van der Waals surface area contributed by atoms with Crippen molar-refractivity contribution in [3.05, 3.63) is 53.7 Å². The van der Waals surface area contributed by atoms with Gasteiger partial charge in [-0.3, -0.25) is 4.79 Å². The summed E-state index contributed by atoms with van der Waals surface area (Å²) in [4.78, 5) is 29.5. The smallest absolute Gasteiger partial charge is 0.309 e. The van der Waals surface area contributed by atoms with E-state index < -0.39 is 23.7 Å². The first-order chi connectivity index (χ1) is 14.4. The number of anilines is 1. The zero-order chi connectivity index (χ0) is 21.3. The van der Waals surface area contributed by atoms with E-state index in [0.29, 0.717) is 29.6 Å². The van der Waals surface area contributed by atoms with Gasteiger partial charge in [-0.2, -0.15) is 4.98 Å². The minimum atomic E-state index is -0.943. The van der Waals surface area contributed by atoms with E-state index in [1.165, 1.54) is 12.5 Å². The van der Waals surface area contributed by atoms with Crippen molar-refractivity contribution in [3.8, 4) is 23.0 Å². The molecule has 0 unspecified atom stereocenters. The lowest BCUT2D eigenvalue weighted by Gasteiger charge is -2.15. The Hall–Kier alpha value is -3.08. The van der Waals surface area contributed by atoms with Gasteiger partial charge in [0.15, 0.2) is 11.6 Å². The van der Waals surface area contributed by atoms with Crippen LogP contribution in [0.5, 0.6) is 11.6 Å². The highest BCUT2D eigenvalue weighted by atomic mass is 35.5. The number of rotatable bonds is 5. The number of halogens is 3. The van der Waals surface area contributed by atoms with Gasteiger partial charge in [0.25, 0.3) is 5.88 Å². The van der Waals surface area contributed by atoms with Gasteiger partial charge >= 0.3 is 5.97 Å². The van der Waals surface area contributed by atoms with Crippen molar-refractivity contribution in [2.24, 2.45) is 11.7 Å². The molecule has 3 aromatic rings. The van der Waals surface area contributed by atoms with Crippen LogP contribution >= 0.6 is 24.0 Å². The normalized spacial score (nSPS) is 17.8. The van der Waals surface area contributed by atoms with Crippen LogP contribution in [0.4, 0.5) is 10.3 Å². The lowest BCUT2D eigenvalue weighted by atomic mass is 10.1. The second-order valence-electron chi connectivity index (χ2n) is 6.69. The monoisotopic (exact) mass is 466 g/mol. The standard InChI is InChI=1S/C19H16ClFN6O3.ClH/c20-11-5-14(21)17(23-6-11)30-12-3-1-10(2-4-12)16-24-9-25-19(26-16)27-7-13(18(28)29)15(22)8-27;/h1-6,9,13,15H,7-8,22H2,(H,28,29);1H/t13-,15+;/m0./s1. The zero-order valence-electron chi connectivity index (χ0n) is 15.9. The molecule has 1 aliphatic rings. The summed E-state index contributed by atoms with van der Waals surface area (Å²) in [6.07, 6.45) is 2.65. The number of benzene rings is 1. The fourth-order valence-corrected chi connectivity index (χ4v) is 3.24. The van der Waals surface area contributed by atoms with E-state index in [1.807, 2.05) is 0 Å². The molecule has 3 heterocycles. The fraction of sp³-hybridized carbons (Fsp3) is 0.211. The van der Waals surface area contributed by atoms with Gasteiger partial charge < -0.3 is 20.5 Å². The average Bonchev–Trinajstić information content (AvgIpc) is 3.13. The molecule has 0 saturated carbocycles. The van der Waals surface area contributed by atoms with Gasteiger partial charge in [-0.25, -0.2) is 19.3 Å². The number of ether oxygens (including phenoxy) is 1. The van der Waals surface area contributed by atoms with Crippen molar-refractivity contribution in [1.82, 2.24) is 19.9 Å². The largest absolute Gasteiger partial charge is 0.481 e. The first-order valence-electron chi connectivity index (χ1n) is 8.92. The molecule has 9 nitrogen and oxygen atoms in total. The third kappa shape index (κ3) is 4.98. The Kier molecular flexibility index (Phi) is 6.84. The predicted octanol–water partition coefficient (Wildman–Crippen LogP) is 2.79. The van der Waals surface area contributed by atoms with Crippen LogP contribution in [0.3, 0.4) is 0 Å². The lowest BCUT2D eigenvalue weighted by Crippen LogP contribution is -2.33. The number of aromatic nitrogens is 4. The molecule has 2 aromatic heterocycles. The highest BCUT2D eigenvalue weighted by Crippen LogP contribution is 2.27. The van der Waals surface area contributed by atoms with Crippen molar-refractivity contribution in [1.29, 1.82) is 0 Å². The second kappa shape index (κ2) is 9.38. The Morgan fingerprint density at radius 1 is 1.23 bits per heavy atom. The minimum Gasteiger partial charge on any atom is -0.481 e. The van der Waals surface area contributed by atoms with E-state index in [0.717, 1.165) is 6.07 Å². The molecule has 3 N–H and O–H groups in total. The molecule has 1 aliphatic heterocycles. The van der Waals surface area contributed by atoms with E-state index in [-0.39, 0.29) is 29.9 Å². The van der Waals surface area contributed by atoms with Crippen molar-refractivity contribution in [2.45, 2.75) is 6.04 Å². The quantitative estimate of drug-likeness (QED) is 0.582. The van der Waals surface area contributed by atoms with Crippen LogP contribution in [-0.2, 0) is 4.79 Å². The van der Waals surface area contributed by atoms with Crippen molar-refractivity contribution in [3.63, 3.8) is 0 Å². The molecule has 31 heavy (non-hydrogen) atoms. The van der Waals surface area contributed by atoms with Crippen LogP contribution in [0.25, 0.3) is 11.4 Å². The van der Waals surface area contributed by atoms with Crippen molar-refractivity contribution >= 4 is 35.9 Å². The van der Waals surface area contributed by atoms with Crippen LogP contribution in [0, 0.1) is 11.7 Å². The molecule has 0 radical (unpaired) electrons. The van der Waals surface area contributed by atoms with E-state index in [1.54, 1.807) is 29.2 Å². The van der Waals surface area contributed by atoms with E-state index in [4.69, 9.17) is 22.1 Å². The Labute approximate surface area is 187 Å². The first kappa shape index (κ1) is 22.6. The molecule has 2 atom stereocenters. The van der Waals surface area contributed by atoms with E-state index in [2.05, 4.69) is 19.9 Å². The summed E-state index contributed by atoms with van der Waals surface area (Å²) < 4.78 is 19.3. The number of carboxylic acid groups (broad SMARTS) is 1. The molecule has 0 aliphatic carbocycles. The van der Waals surface area contributed by atoms with Crippen LogP contribution in [0.15, 0.2) is 42.9 Å². The van der Waals surface area contributed by atoms with Crippen LogP contribution < -0.4 is 15.4 Å².